The molecule has 3 heteroatoms. The van der Waals surface area contributed by atoms with Crippen molar-refractivity contribution >= 4 is 28.5 Å². The fourth-order valence-corrected chi connectivity index (χ4v) is 2.80. The summed E-state index contributed by atoms with van der Waals surface area (Å²) < 4.78 is 0. The van der Waals surface area contributed by atoms with Crippen LogP contribution in [-0.2, 0) is 0 Å². The lowest BCUT2D eigenvalue weighted by Gasteiger charge is -2.02. The zero-order valence-corrected chi connectivity index (χ0v) is 11.6. The van der Waals surface area contributed by atoms with E-state index in [0.717, 1.165) is 16.5 Å². The molecule has 4 rings (SSSR count). The van der Waals surface area contributed by atoms with Gasteiger partial charge in [0, 0.05) is 22.7 Å². The van der Waals surface area contributed by atoms with Crippen LogP contribution in [0.3, 0.4) is 0 Å². The topological polar surface area (TPSA) is 47.0 Å². The second-order valence-corrected chi connectivity index (χ2v) is 5.18. The van der Waals surface area contributed by atoms with Crippen molar-refractivity contribution in [3.05, 3.63) is 83.1 Å². The SMILES string of the molecule is O=C1C(=Cc2ccnc3ccccc23)C(=O)c2ccccc21. The zero-order valence-electron chi connectivity index (χ0n) is 11.6. The molecule has 1 aromatic heterocycles. The maximum atomic E-state index is 12.4. The number of rotatable bonds is 1. The van der Waals surface area contributed by atoms with Gasteiger partial charge in [0.25, 0.3) is 0 Å². The van der Waals surface area contributed by atoms with Crippen LogP contribution in [0.2, 0.25) is 0 Å². The normalized spacial score (nSPS) is 13.5. The summed E-state index contributed by atoms with van der Waals surface area (Å²) in [7, 11) is 0. The number of ketones is 2. The standard InChI is InChI=1S/C19H11NO2/c21-18-14-6-1-2-7-15(14)19(22)16(18)11-12-9-10-20-17-8-4-3-5-13(12)17/h1-11H. The van der Waals surface area contributed by atoms with E-state index in [4.69, 9.17) is 0 Å². The van der Waals surface area contributed by atoms with Crippen LogP contribution in [0, 0.1) is 0 Å². The van der Waals surface area contributed by atoms with Crippen molar-refractivity contribution in [1.82, 2.24) is 4.98 Å². The fraction of sp³-hybridized carbons (Fsp3) is 0. The van der Waals surface area contributed by atoms with Gasteiger partial charge in [0.1, 0.15) is 0 Å². The second-order valence-electron chi connectivity index (χ2n) is 5.18. The molecule has 0 atom stereocenters. The van der Waals surface area contributed by atoms with E-state index >= 15 is 0 Å². The molecule has 2 aromatic carbocycles. The third-order valence-corrected chi connectivity index (χ3v) is 3.89. The number of allylic oxidation sites excluding steroid dienone is 1. The van der Waals surface area contributed by atoms with Crippen LogP contribution in [0.5, 0.6) is 0 Å². The number of fused-ring (bicyclic) bond motifs is 2. The highest BCUT2D eigenvalue weighted by molar-refractivity contribution is 6.41. The van der Waals surface area contributed by atoms with Gasteiger partial charge in [0.2, 0.25) is 0 Å². The molecule has 0 fully saturated rings. The van der Waals surface area contributed by atoms with E-state index in [1.165, 1.54) is 0 Å². The molecular formula is C19H11NO2. The van der Waals surface area contributed by atoms with Gasteiger partial charge in [-0.25, -0.2) is 0 Å². The average molecular weight is 285 g/mol. The smallest absolute Gasteiger partial charge is 0.197 e. The largest absolute Gasteiger partial charge is 0.288 e. The minimum Gasteiger partial charge on any atom is -0.288 e. The number of hydrogen-bond acceptors (Lipinski definition) is 3. The van der Waals surface area contributed by atoms with Crippen LogP contribution in [0.4, 0.5) is 0 Å². The lowest BCUT2D eigenvalue weighted by atomic mass is 10.0. The number of aromatic nitrogens is 1. The number of benzene rings is 2. The highest BCUT2D eigenvalue weighted by Gasteiger charge is 2.32. The van der Waals surface area contributed by atoms with E-state index < -0.39 is 0 Å². The van der Waals surface area contributed by atoms with Crippen LogP contribution in [-0.4, -0.2) is 16.6 Å². The van der Waals surface area contributed by atoms with E-state index in [-0.39, 0.29) is 17.1 Å². The first-order chi connectivity index (χ1) is 10.8. The first-order valence-electron chi connectivity index (χ1n) is 6.99. The van der Waals surface area contributed by atoms with Crippen molar-refractivity contribution in [3.8, 4) is 0 Å². The molecule has 0 amide bonds. The molecule has 1 heterocycles. The zero-order chi connectivity index (χ0) is 15.1. The van der Waals surface area contributed by atoms with Crippen molar-refractivity contribution in [1.29, 1.82) is 0 Å². The van der Waals surface area contributed by atoms with Gasteiger partial charge in [-0.05, 0) is 23.8 Å². The molecule has 0 spiro atoms. The molecule has 1 aliphatic rings. The molecule has 22 heavy (non-hydrogen) atoms. The minimum absolute atomic E-state index is 0.207. The monoisotopic (exact) mass is 285 g/mol. The molecule has 0 saturated heterocycles. The Morgan fingerprint density at radius 3 is 2.14 bits per heavy atom. The predicted molar refractivity (Wildman–Crippen MR) is 84.8 cm³/mol. The summed E-state index contributed by atoms with van der Waals surface area (Å²) >= 11 is 0. The van der Waals surface area contributed by atoms with Crippen molar-refractivity contribution in [2.24, 2.45) is 0 Å². The Hall–Kier alpha value is -3.07. The molecule has 104 valence electrons. The van der Waals surface area contributed by atoms with Gasteiger partial charge < -0.3 is 0 Å². The second kappa shape index (κ2) is 4.74. The number of hydrogen-bond donors (Lipinski definition) is 0. The Morgan fingerprint density at radius 1 is 0.773 bits per heavy atom. The lowest BCUT2D eigenvalue weighted by molar-refractivity contribution is 0.0990. The fourth-order valence-electron chi connectivity index (χ4n) is 2.80. The van der Waals surface area contributed by atoms with Crippen molar-refractivity contribution in [3.63, 3.8) is 0 Å². The molecule has 0 unspecified atom stereocenters. The molecule has 0 N–H and O–H groups in total. The predicted octanol–water partition coefficient (Wildman–Crippen LogP) is 3.70. The Morgan fingerprint density at radius 2 is 1.41 bits per heavy atom. The molecule has 0 radical (unpaired) electrons. The third kappa shape index (κ3) is 1.79. The summed E-state index contributed by atoms with van der Waals surface area (Å²) in [5, 5.41) is 0.925. The van der Waals surface area contributed by atoms with E-state index in [1.807, 2.05) is 30.3 Å². The molecule has 0 bridgehead atoms. The quantitative estimate of drug-likeness (QED) is 0.506. The van der Waals surface area contributed by atoms with Gasteiger partial charge in [-0.3, -0.25) is 14.6 Å². The summed E-state index contributed by atoms with van der Waals surface area (Å²) in [4.78, 5) is 29.2. The lowest BCUT2D eigenvalue weighted by Crippen LogP contribution is -2.00. The van der Waals surface area contributed by atoms with Crippen molar-refractivity contribution < 1.29 is 9.59 Å². The van der Waals surface area contributed by atoms with Crippen LogP contribution in [0.15, 0.2) is 66.4 Å². The van der Waals surface area contributed by atoms with Crippen molar-refractivity contribution in [2.45, 2.75) is 0 Å². The molecule has 0 saturated carbocycles. The van der Waals surface area contributed by atoms with Gasteiger partial charge in [-0.1, -0.05) is 42.5 Å². The summed E-state index contributed by atoms with van der Waals surface area (Å²) in [5.41, 5.74) is 2.86. The third-order valence-electron chi connectivity index (χ3n) is 3.89. The van der Waals surface area contributed by atoms with Crippen LogP contribution in [0.1, 0.15) is 26.3 Å². The van der Waals surface area contributed by atoms with Gasteiger partial charge in [-0.15, -0.1) is 0 Å². The summed E-state index contributed by atoms with van der Waals surface area (Å²) in [6.07, 6.45) is 3.36. The van der Waals surface area contributed by atoms with E-state index in [1.54, 1.807) is 36.5 Å². The van der Waals surface area contributed by atoms with Gasteiger partial charge in [0.05, 0.1) is 11.1 Å². The maximum Gasteiger partial charge on any atom is 0.197 e. The first-order valence-corrected chi connectivity index (χ1v) is 6.99. The van der Waals surface area contributed by atoms with E-state index in [2.05, 4.69) is 4.98 Å². The number of Topliss-reactive ketones (excluding diaryl/α,β-unsaturated/α-hetero) is 2. The van der Waals surface area contributed by atoms with Crippen LogP contribution < -0.4 is 0 Å². The van der Waals surface area contributed by atoms with Gasteiger partial charge in [0.15, 0.2) is 11.6 Å². The number of carbonyl (C=O) groups is 2. The van der Waals surface area contributed by atoms with Crippen LogP contribution in [0.25, 0.3) is 17.0 Å². The Balaban J connectivity index is 1.91. The van der Waals surface area contributed by atoms with Crippen LogP contribution >= 0.6 is 0 Å². The average Bonchev–Trinajstić information content (AvgIpc) is 2.81. The summed E-state index contributed by atoms with van der Waals surface area (Å²) in [6.45, 7) is 0. The Kier molecular flexibility index (Phi) is 2.73. The van der Waals surface area contributed by atoms with E-state index in [9.17, 15) is 9.59 Å². The molecule has 1 aliphatic carbocycles. The first kappa shape index (κ1) is 12.7. The van der Waals surface area contributed by atoms with Gasteiger partial charge >= 0.3 is 0 Å². The van der Waals surface area contributed by atoms with Crippen molar-refractivity contribution in [2.75, 3.05) is 0 Å². The molecule has 3 aromatic rings. The molecule has 0 aliphatic heterocycles. The Bertz CT molecular complexity index is 928. The Labute approximate surface area is 126 Å². The summed E-state index contributed by atoms with van der Waals surface area (Å²) in [5.74, 6) is -0.414. The highest BCUT2D eigenvalue weighted by Crippen LogP contribution is 2.29. The maximum absolute atomic E-state index is 12.4. The van der Waals surface area contributed by atoms with E-state index in [0.29, 0.717) is 11.1 Å². The number of para-hydroxylation sites is 1. The summed E-state index contributed by atoms with van der Waals surface area (Å²) in [6, 6.07) is 16.4. The minimum atomic E-state index is -0.207. The number of nitrogens with zero attached hydrogens (tertiary/aromatic N) is 1. The molecular weight excluding hydrogens is 274 g/mol. The number of pyridine rings is 1. The van der Waals surface area contributed by atoms with Gasteiger partial charge in [-0.2, -0.15) is 0 Å². The number of carbonyl (C=O) groups excluding carboxylic acids is 2. The molecule has 3 nitrogen and oxygen atoms in total. The highest BCUT2D eigenvalue weighted by atomic mass is 16.2.